The zero-order chi connectivity index (χ0) is 12.8. The maximum absolute atomic E-state index is 4.65. The van der Waals surface area contributed by atoms with Crippen LogP contribution in [0.1, 0.15) is 43.1 Å². The number of aromatic amines is 1. The molecule has 1 aliphatic rings. The van der Waals surface area contributed by atoms with Crippen LogP contribution in [0.15, 0.2) is 6.33 Å². The molecule has 1 fully saturated rings. The normalized spacial score (nSPS) is 16.7. The largest absolute Gasteiger partial charge is 0.348 e. The van der Waals surface area contributed by atoms with E-state index >= 15 is 0 Å². The molecule has 1 saturated carbocycles. The maximum atomic E-state index is 4.65. The van der Waals surface area contributed by atoms with Crippen molar-refractivity contribution >= 4 is 16.3 Å². The summed E-state index contributed by atoms with van der Waals surface area (Å²) in [7, 11) is 0. The van der Waals surface area contributed by atoms with Crippen molar-refractivity contribution in [2.75, 3.05) is 0 Å². The molecule has 0 unspecified atom stereocenters. The summed E-state index contributed by atoms with van der Waals surface area (Å²) >= 11 is 1.54. The molecule has 4 rings (SSSR count). The Bertz CT molecular complexity index is 718. The number of aromatic nitrogens is 6. The van der Waals surface area contributed by atoms with Crippen LogP contribution in [0.4, 0.5) is 0 Å². The third-order valence-corrected chi connectivity index (χ3v) is 4.67. The van der Waals surface area contributed by atoms with Crippen LogP contribution >= 0.6 is 11.3 Å². The fraction of sp³-hybridized carbons (Fsp3) is 0.500. The van der Waals surface area contributed by atoms with Gasteiger partial charge in [0.05, 0.1) is 6.33 Å². The van der Waals surface area contributed by atoms with Crippen LogP contribution in [-0.2, 0) is 0 Å². The van der Waals surface area contributed by atoms with E-state index in [1.807, 2.05) is 11.4 Å². The minimum atomic E-state index is 0.519. The van der Waals surface area contributed by atoms with Crippen molar-refractivity contribution in [2.24, 2.45) is 0 Å². The second-order valence-corrected chi connectivity index (χ2v) is 5.97. The van der Waals surface area contributed by atoms with Crippen LogP contribution in [0, 0.1) is 6.92 Å². The molecule has 3 heterocycles. The van der Waals surface area contributed by atoms with E-state index in [0.717, 1.165) is 27.2 Å². The summed E-state index contributed by atoms with van der Waals surface area (Å²) < 4.78 is 1.91. The molecule has 19 heavy (non-hydrogen) atoms. The number of H-pyrrole nitrogens is 1. The molecular formula is C12H14N6S. The number of hydrogen-bond acceptors (Lipinski definition) is 5. The van der Waals surface area contributed by atoms with Crippen molar-refractivity contribution in [3.05, 3.63) is 17.8 Å². The van der Waals surface area contributed by atoms with Crippen LogP contribution < -0.4 is 0 Å². The van der Waals surface area contributed by atoms with Gasteiger partial charge in [0.15, 0.2) is 10.8 Å². The molecule has 3 aromatic rings. The van der Waals surface area contributed by atoms with Gasteiger partial charge < -0.3 is 4.98 Å². The van der Waals surface area contributed by atoms with Crippen molar-refractivity contribution in [3.63, 3.8) is 0 Å². The highest BCUT2D eigenvalue weighted by Crippen LogP contribution is 2.34. The van der Waals surface area contributed by atoms with E-state index in [0.29, 0.717) is 5.92 Å². The monoisotopic (exact) mass is 274 g/mol. The smallest absolute Gasteiger partial charge is 0.235 e. The minimum Gasteiger partial charge on any atom is -0.348 e. The Labute approximate surface area is 113 Å². The summed E-state index contributed by atoms with van der Waals surface area (Å²) in [5.74, 6) is 1.54. The predicted molar refractivity (Wildman–Crippen MR) is 72.2 cm³/mol. The zero-order valence-electron chi connectivity index (χ0n) is 10.6. The molecule has 7 heteroatoms. The molecule has 0 saturated heterocycles. The first-order valence-electron chi connectivity index (χ1n) is 6.55. The van der Waals surface area contributed by atoms with Crippen LogP contribution in [-0.4, -0.2) is 29.8 Å². The Hall–Kier alpha value is -1.76. The Morgan fingerprint density at radius 3 is 2.89 bits per heavy atom. The summed E-state index contributed by atoms with van der Waals surface area (Å²) in [5.41, 5.74) is 1.94. The lowest BCUT2D eigenvalue weighted by molar-refractivity contribution is 0.641. The van der Waals surface area contributed by atoms with Crippen molar-refractivity contribution in [1.82, 2.24) is 29.8 Å². The first-order valence-corrected chi connectivity index (χ1v) is 7.37. The van der Waals surface area contributed by atoms with E-state index in [1.165, 1.54) is 25.7 Å². The number of nitrogens with zero attached hydrogens (tertiary/aromatic N) is 5. The van der Waals surface area contributed by atoms with Crippen molar-refractivity contribution in [3.8, 4) is 10.7 Å². The quantitative estimate of drug-likeness (QED) is 0.779. The SMILES string of the molecule is Cc1[nH]cnc1-c1nn2c(C3CCCC3)nnc2s1. The van der Waals surface area contributed by atoms with Gasteiger partial charge in [-0.05, 0) is 19.8 Å². The van der Waals surface area contributed by atoms with Crippen LogP contribution in [0.2, 0.25) is 0 Å². The zero-order valence-corrected chi connectivity index (χ0v) is 11.4. The summed E-state index contributed by atoms with van der Waals surface area (Å²) in [4.78, 5) is 8.26. The van der Waals surface area contributed by atoms with Crippen molar-refractivity contribution in [2.45, 2.75) is 38.5 Å². The second-order valence-electron chi connectivity index (χ2n) is 5.02. The summed E-state index contributed by atoms with van der Waals surface area (Å²) in [5, 5.41) is 14.1. The van der Waals surface area contributed by atoms with E-state index in [2.05, 4.69) is 25.3 Å². The topological polar surface area (TPSA) is 71.8 Å². The van der Waals surface area contributed by atoms with E-state index in [4.69, 9.17) is 0 Å². The predicted octanol–water partition coefficient (Wildman–Crippen LogP) is 2.54. The first kappa shape index (κ1) is 11.1. The van der Waals surface area contributed by atoms with E-state index < -0.39 is 0 Å². The molecule has 6 nitrogen and oxygen atoms in total. The number of nitrogens with one attached hydrogen (secondary N) is 1. The second kappa shape index (κ2) is 4.12. The van der Waals surface area contributed by atoms with Gasteiger partial charge in [-0.2, -0.15) is 9.61 Å². The number of fused-ring (bicyclic) bond motifs is 1. The Morgan fingerprint density at radius 2 is 2.16 bits per heavy atom. The van der Waals surface area contributed by atoms with Crippen molar-refractivity contribution in [1.29, 1.82) is 0 Å². The lowest BCUT2D eigenvalue weighted by Crippen LogP contribution is -2.01. The van der Waals surface area contributed by atoms with Gasteiger partial charge in [0, 0.05) is 11.6 Å². The van der Waals surface area contributed by atoms with Crippen LogP contribution in [0.25, 0.3) is 15.7 Å². The number of imidazole rings is 1. The third kappa shape index (κ3) is 1.68. The molecule has 0 radical (unpaired) electrons. The standard InChI is InChI=1S/C12H14N6S/c1-7-9(14-6-13-7)11-17-18-10(8-4-2-3-5-8)15-16-12(18)19-11/h6,8H,2-5H2,1H3,(H,13,14). The molecule has 1 N–H and O–H groups in total. The van der Waals surface area contributed by atoms with Crippen LogP contribution in [0.3, 0.4) is 0 Å². The molecule has 0 aliphatic heterocycles. The number of aryl methyl sites for hydroxylation is 1. The van der Waals surface area contributed by atoms with Gasteiger partial charge >= 0.3 is 0 Å². The lowest BCUT2D eigenvalue weighted by Gasteiger charge is -2.03. The molecular weight excluding hydrogens is 260 g/mol. The molecule has 98 valence electrons. The summed E-state index contributed by atoms with van der Waals surface area (Å²) in [6.07, 6.45) is 6.68. The molecule has 0 aromatic carbocycles. The summed E-state index contributed by atoms with van der Waals surface area (Å²) in [6, 6.07) is 0. The van der Waals surface area contributed by atoms with Gasteiger partial charge in [-0.15, -0.1) is 10.2 Å². The molecule has 0 atom stereocenters. The molecule has 0 bridgehead atoms. The average molecular weight is 274 g/mol. The molecule has 1 aliphatic carbocycles. The Balaban J connectivity index is 1.82. The number of rotatable bonds is 2. The van der Waals surface area contributed by atoms with Gasteiger partial charge in [-0.1, -0.05) is 24.2 Å². The first-order chi connectivity index (χ1) is 9.33. The van der Waals surface area contributed by atoms with Gasteiger partial charge in [-0.25, -0.2) is 4.98 Å². The van der Waals surface area contributed by atoms with E-state index in [1.54, 1.807) is 17.7 Å². The van der Waals surface area contributed by atoms with Crippen LogP contribution in [0.5, 0.6) is 0 Å². The highest BCUT2D eigenvalue weighted by molar-refractivity contribution is 7.19. The highest BCUT2D eigenvalue weighted by atomic mass is 32.1. The Kier molecular flexibility index (Phi) is 2.41. The minimum absolute atomic E-state index is 0.519. The Morgan fingerprint density at radius 1 is 1.32 bits per heavy atom. The van der Waals surface area contributed by atoms with Crippen molar-refractivity contribution < 1.29 is 0 Å². The van der Waals surface area contributed by atoms with E-state index in [-0.39, 0.29) is 0 Å². The number of hydrogen-bond donors (Lipinski definition) is 1. The molecule has 0 amide bonds. The van der Waals surface area contributed by atoms with E-state index in [9.17, 15) is 0 Å². The van der Waals surface area contributed by atoms with Gasteiger partial charge in [0.25, 0.3) is 0 Å². The third-order valence-electron chi connectivity index (χ3n) is 3.77. The molecule has 0 spiro atoms. The fourth-order valence-corrected chi connectivity index (χ4v) is 3.64. The van der Waals surface area contributed by atoms with Gasteiger partial charge in [0.1, 0.15) is 5.69 Å². The highest BCUT2D eigenvalue weighted by Gasteiger charge is 2.24. The fourth-order valence-electron chi connectivity index (χ4n) is 2.74. The van der Waals surface area contributed by atoms with Gasteiger partial charge in [0.2, 0.25) is 4.96 Å². The maximum Gasteiger partial charge on any atom is 0.235 e. The summed E-state index contributed by atoms with van der Waals surface area (Å²) in [6.45, 7) is 2.00. The van der Waals surface area contributed by atoms with Gasteiger partial charge in [-0.3, -0.25) is 0 Å². The lowest BCUT2D eigenvalue weighted by atomic mass is 10.1. The molecule has 3 aromatic heterocycles. The average Bonchev–Trinajstić information content (AvgIpc) is 3.10.